The zero-order chi connectivity index (χ0) is 9.80. The molecule has 0 atom stereocenters. The standard InChI is InChI=1S/C10H16N4/c11-14-10-12-7-6-9(13-10)8-4-2-1-3-5-8/h6-8H,1-5,11H2,(H,12,13,14). The summed E-state index contributed by atoms with van der Waals surface area (Å²) in [5, 5.41) is 0. The minimum atomic E-state index is 0.521. The molecular formula is C10H16N4. The average Bonchev–Trinajstić information content (AvgIpc) is 2.30. The zero-order valence-electron chi connectivity index (χ0n) is 8.24. The van der Waals surface area contributed by atoms with Crippen LogP contribution in [0.2, 0.25) is 0 Å². The van der Waals surface area contributed by atoms with Crippen LogP contribution in [0.15, 0.2) is 12.3 Å². The van der Waals surface area contributed by atoms with Gasteiger partial charge in [-0.1, -0.05) is 19.3 Å². The third-order valence-corrected chi connectivity index (χ3v) is 2.83. The van der Waals surface area contributed by atoms with E-state index in [9.17, 15) is 0 Å². The van der Waals surface area contributed by atoms with Crippen molar-refractivity contribution >= 4 is 5.95 Å². The molecule has 0 spiro atoms. The zero-order valence-corrected chi connectivity index (χ0v) is 8.24. The van der Waals surface area contributed by atoms with Crippen LogP contribution < -0.4 is 11.3 Å². The second-order valence-electron chi connectivity index (χ2n) is 3.78. The Labute approximate surface area is 83.9 Å². The van der Waals surface area contributed by atoms with Crippen molar-refractivity contribution in [3.63, 3.8) is 0 Å². The van der Waals surface area contributed by atoms with E-state index in [1.807, 2.05) is 6.07 Å². The summed E-state index contributed by atoms with van der Waals surface area (Å²) < 4.78 is 0. The molecule has 0 amide bonds. The number of nitrogens with zero attached hydrogens (tertiary/aromatic N) is 2. The van der Waals surface area contributed by atoms with Gasteiger partial charge in [0.25, 0.3) is 0 Å². The summed E-state index contributed by atoms with van der Waals surface area (Å²) in [6.45, 7) is 0. The first-order valence-electron chi connectivity index (χ1n) is 5.19. The first-order chi connectivity index (χ1) is 6.90. The second kappa shape index (κ2) is 4.37. The van der Waals surface area contributed by atoms with E-state index in [-0.39, 0.29) is 0 Å². The van der Waals surface area contributed by atoms with E-state index in [1.54, 1.807) is 6.20 Å². The topological polar surface area (TPSA) is 63.8 Å². The molecule has 2 rings (SSSR count). The Morgan fingerprint density at radius 1 is 1.29 bits per heavy atom. The molecule has 0 saturated heterocycles. The third kappa shape index (κ3) is 2.01. The number of aromatic nitrogens is 2. The van der Waals surface area contributed by atoms with E-state index in [2.05, 4.69) is 15.4 Å². The van der Waals surface area contributed by atoms with E-state index in [0.29, 0.717) is 11.9 Å². The maximum Gasteiger partial charge on any atom is 0.237 e. The van der Waals surface area contributed by atoms with Gasteiger partial charge in [-0.15, -0.1) is 0 Å². The summed E-state index contributed by atoms with van der Waals surface area (Å²) in [7, 11) is 0. The number of anilines is 1. The van der Waals surface area contributed by atoms with E-state index in [1.165, 1.54) is 32.1 Å². The lowest BCUT2D eigenvalue weighted by molar-refractivity contribution is 0.436. The van der Waals surface area contributed by atoms with Crippen molar-refractivity contribution in [1.29, 1.82) is 0 Å². The van der Waals surface area contributed by atoms with Crippen LogP contribution in [0.4, 0.5) is 5.95 Å². The van der Waals surface area contributed by atoms with Crippen LogP contribution >= 0.6 is 0 Å². The van der Waals surface area contributed by atoms with Crippen molar-refractivity contribution in [2.45, 2.75) is 38.0 Å². The van der Waals surface area contributed by atoms with Gasteiger partial charge in [-0.2, -0.15) is 0 Å². The molecule has 0 aliphatic heterocycles. The Morgan fingerprint density at radius 3 is 2.79 bits per heavy atom. The van der Waals surface area contributed by atoms with Crippen molar-refractivity contribution in [2.24, 2.45) is 5.84 Å². The lowest BCUT2D eigenvalue weighted by atomic mass is 9.87. The highest BCUT2D eigenvalue weighted by Crippen LogP contribution is 2.31. The number of nitrogen functional groups attached to an aromatic ring is 1. The minimum Gasteiger partial charge on any atom is -0.292 e. The number of hydrogen-bond donors (Lipinski definition) is 2. The van der Waals surface area contributed by atoms with Gasteiger partial charge in [0.05, 0.1) is 0 Å². The van der Waals surface area contributed by atoms with Gasteiger partial charge >= 0.3 is 0 Å². The highest BCUT2D eigenvalue weighted by molar-refractivity contribution is 5.24. The molecule has 0 aromatic carbocycles. The van der Waals surface area contributed by atoms with Gasteiger partial charge < -0.3 is 0 Å². The molecule has 14 heavy (non-hydrogen) atoms. The lowest BCUT2D eigenvalue weighted by Gasteiger charge is -2.20. The maximum absolute atomic E-state index is 5.27. The van der Waals surface area contributed by atoms with Gasteiger partial charge in [0.15, 0.2) is 0 Å². The van der Waals surface area contributed by atoms with Crippen LogP contribution in [0.3, 0.4) is 0 Å². The van der Waals surface area contributed by atoms with Crippen LogP contribution in [0.5, 0.6) is 0 Å². The van der Waals surface area contributed by atoms with Gasteiger partial charge in [0, 0.05) is 17.8 Å². The van der Waals surface area contributed by atoms with Crippen LogP contribution in [0.25, 0.3) is 0 Å². The van der Waals surface area contributed by atoms with Crippen molar-refractivity contribution in [3.8, 4) is 0 Å². The predicted molar refractivity (Wildman–Crippen MR) is 55.7 cm³/mol. The van der Waals surface area contributed by atoms with Gasteiger partial charge in [0.1, 0.15) is 0 Å². The fraction of sp³-hybridized carbons (Fsp3) is 0.600. The predicted octanol–water partition coefficient (Wildman–Crippen LogP) is 1.81. The number of rotatable bonds is 2. The van der Waals surface area contributed by atoms with Crippen molar-refractivity contribution < 1.29 is 0 Å². The Morgan fingerprint density at radius 2 is 2.07 bits per heavy atom. The van der Waals surface area contributed by atoms with Gasteiger partial charge in [-0.05, 0) is 18.9 Å². The summed E-state index contributed by atoms with van der Waals surface area (Å²) in [6.07, 6.45) is 8.28. The van der Waals surface area contributed by atoms with Crippen LogP contribution in [-0.4, -0.2) is 9.97 Å². The number of nitrogens with two attached hydrogens (primary N) is 1. The molecule has 1 aromatic heterocycles. The summed E-state index contributed by atoms with van der Waals surface area (Å²) in [6, 6.07) is 2.00. The molecule has 0 radical (unpaired) electrons. The third-order valence-electron chi connectivity index (χ3n) is 2.83. The summed E-state index contributed by atoms with van der Waals surface area (Å²) in [4.78, 5) is 8.37. The van der Waals surface area contributed by atoms with Crippen molar-refractivity contribution in [3.05, 3.63) is 18.0 Å². The van der Waals surface area contributed by atoms with Crippen LogP contribution in [-0.2, 0) is 0 Å². The number of hydrogen-bond acceptors (Lipinski definition) is 4. The quantitative estimate of drug-likeness (QED) is 0.554. The number of nitrogens with one attached hydrogen (secondary N) is 1. The minimum absolute atomic E-state index is 0.521. The normalized spacial score (nSPS) is 18.1. The molecule has 0 bridgehead atoms. The molecule has 1 aliphatic carbocycles. The Hall–Kier alpha value is -1.16. The monoisotopic (exact) mass is 192 g/mol. The Balaban J connectivity index is 2.13. The lowest BCUT2D eigenvalue weighted by Crippen LogP contribution is -2.13. The molecular weight excluding hydrogens is 176 g/mol. The first kappa shape index (κ1) is 9.40. The second-order valence-corrected chi connectivity index (χ2v) is 3.78. The van der Waals surface area contributed by atoms with E-state index >= 15 is 0 Å². The maximum atomic E-state index is 5.27. The molecule has 1 saturated carbocycles. The highest BCUT2D eigenvalue weighted by Gasteiger charge is 2.16. The van der Waals surface area contributed by atoms with Crippen molar-refractivity contribution in [1.82, 2.24) is 9.97 Å². The molecule has 4 nitrogen and oxygen atoms in total. The molecule has 1 fully saturated rings. The smallest absolute Gasteiger partial charge is 0.237 e. The van der Waals surface area contributed by atoms with Gasteiger partial charge in [-0.25, -0.2) is 15.8 Å². The fourth-order valence-electron chi connectivity index (χ4n) is 2.07. The molecule has 1 heterocycles. The van der Waals surface area contributed by atoms with Crippen LogP contribution in [0.1, 0.15) is 43.7 Å². The average molecular weight is 192 g/mol. The largest absolute Gasteiger partial charge is 0.292 e. The number of hydrazine groups is 1. The molecule has 0 unspecified atom stereocenters. The van der Waals surface area contributed by atoms with E-state index in [4.69, 9.17) is 5.84 Å². The van der Waals surface area contributed by atoms with Crippen molar-refractivity contribution in [2.75, 3.05) is 5.43 Å². The van der Waals surface area contributed by atoms with E-state index in [0.717, 1.165) is 5.69 Å². The fourth-order valence-corrected chi connectivity index (χ4v) is 2.07. The Bertz CT molecular complexity index is 294. The molecule has 4 heteroatoms. The summed E-state index contributed by atoms with van der Waals surface area (Å²) in [5.41, 5.74) is 3.62. The Kier molecular flexibility index (Phi) is 2.93. The summed E-state index contributed by atoms with van der Waals surface area (Å²) in [5.74, 6) is 6.40. The van der Waals surface area contributed by atoms with Gasteiger partial charge in [0.2, 0.25) is 5.95 Å². The first-order valence-corrected chi connectivity index (χ1v) is 5.19. The summed E-state index contributed by atoms with van der Waals surface area (Å²) >= 11 is 0. The molecule has 1 aromatic rings. The highest BCUT2D eigenvalue weighted by atomic mass is 15.3. The molecule has 76 valence electrons. The van der Waals surface area contributed by atoms with Crippen LogP contribution in [0, 0.1) is 0 Å². The molecule has 1 aliphatic rings. The SMILES string of the molecule is NNc1nccc(C2CCCCC2)n1. The van der Waals surface area contributed by atoms with E-state index < -0.39 is 0 Å². The molecule has 3 N–H and O–H groups in total. The van der Waals surface area contributed by atoms with Gasteiger partial charge in [-0.3, -0.25) is 5.43 Å².